The molecule has 0 radical (unpaired) electrons. The first-order chi connectivity index (χ1) is 8.63. The summed E-state index contributed by atoms with van der Waals surface area (Å²) in [5.41, 5.74) is 1.03. The third-order valence-electron chi connectivity index (χ3n) is 2.68. The van der Waals surface area contributed by atoms with Crippen LogP contribution < -0.4 is 0 Å². The lowest BCUT2D eigenvalue weighted by Crippen LogP contribution is -1.91. The highest BCUT2D eigenvalue weighted by Gasteiger charge is 2.16. The van der Waals surface area contributed by atoms with Crippen molar-refractivity contribution in [1.82, 2.24) is 15.2 Å². The molecule has 3 nitrogen and oxygen atoms in total. The molecule has 0 aliphatic heterocycles. The van der Waals surface area contributed by atoms with E-state index in [0.29, 0.717) is 10.4 Å². The molecule has 0 spiro atoms. The minimum Gasteiger partial charge on any atom is -0.277 e. The first-order valence-electron chi connectivity index (χ1n) is 4.97. The van der Waals surface area contributed by atoms with Gasteiger partial charge in [-0.25, -0.2) is 9.37 Å². The summed E-state index contributed by atoms with van der Waals surface area (Å²) in [6.07, 6.45) is 3.57. The molecule has 0 saturated heterocycles. The second kappa shape index (κ2) is 4.36. The molecule has 1 aromatic carbocycles. The van der Waals surface area contributed by atoms with Crippen LogP contribution in [0.5, 0.6) is 0 Å². The lowest BCUT2D eigenvalue weighted by molar-refractivity contribution is 0.629. The van der Waals surface area contributed by atoms with E-state index < -0.39 is 5.82 Å². The van der Waals surface area contributed by atoms with Crippen molar-refractivity contribution < 1.29 is 4.39 Å². The zero-order valence-electron chi connectivity index (χ0n) is 9.09. The number of fused-ring (bicyclic) bond motifs is 3. The maximum Gasteiger partial charge on any atom is 0.165 e. The van der Waals surface area contributed by atoms with Gasteiger partial charge in [-0.2, -0.15) is 5.10 Å². The zero-order chi connectivity index (χ0) is 12.9. The highest BCUT2D eigenvalue weighted by Crippen LogP contribution is 2.36. The highest BCUT2D eigenvalue weighted by atomic mass is 79.9. The molecule has 7 heteroatoms. The third-order valence-corrected chi connectivity index (χ3v) is 4.68. The van der Waals surface area contributed by atoms with E-state index in [-0.39, 0.29) is 9.99 Å². The number of H-pyrrole nitrogens is 1. The van der Waals surface area contributed by atoms with Crippen LogP contribution in [0, 0.1) is 5.82 Å². The summed E-state index contributed by atoms with van der Waals surface area (Å²) in [5.74, 6) is -0.454. The lowest BCUT2D eigenvalue weighted by atomic mass is 10.1. The molecule has 0 fully saturated rings. The largest absolute Gasteiger partial charge is 0.277 e. The molecule has 0 saturated carbocycles. The number of benzene rings is 1. The molecule has 0 bridgehead atoms. The fourth-order valence-electron chi connectivity index (χ4n) is 1.86. The summed E-state index contributed by atoms with van der Waals surface area (Å²) >= 11 is 10.6. The predicted octanol–water partition coefficient (Wildman–Crippen LogP) is 4.39. The number of nitrogens with one attached hydrogen (secondary N) is 1. The number of pyridine rings is 1. The summed E-state index contributed by atoms with van der Waals surface area (Å²) < 4.78 is 14.4. The van der Waals surface area contributed by atoms with Crippen molar-refractivity contribution in [3.8, 4) is 0 Å². The summed E-state index contributed by atoms with van der Waals surface area (Å²) in [6.45, 7) is 0. The minimum atomic E-state index is -0.454. The van der Waals surface area contributed by atoms with Gasteiger partial charge in [0.15, 0.2) is 5.82 Å². The van der Waals surface area contributed by atoms with Crippen LogP contribution in [0.15, 0.2) is 21.8 Å². The minimum absolute atomic E-state index is 0.232. The number of halogens is 3. The second-order valence-corrected chi connectivity index (χ2v) is 5.66. The van der Waals surface area contributed by atoms with Gasteiger partial charge in [-0.15, -0.1) is 11.8 Å². The van der Waals surface area contributed by atoms with Gasteiger partial charge >= 0.3 is 0 Å². The van der Waals surface area contributed by atoms with Gasteiger partial charge in [0.05, 0.1) is 26.6 Å². The quantitative estimate of drug-likeness (QED) is 0.525. The number of hydrogen-bond acceptors (Lipinski definition) is 3. The second-order valence-electron chi connectivity index (χ2n) is 3.66. The number of hydrogen-bond donors (Lipinski definition) is 1. The van der Waals surface area contributed by atoms with Crippen molar-refractivity contribution >= 4 is 61.1 Å². The number of aromatic nitrogens is 3. The smallest absolute Gasteiger partial charge is 0.165 e. The average molecular weight is 347 g/mol. The summed E-state index contributed by atoms with van der Waals surface area (Å²) in [6, 6.07) is 1.68. The molecule has 0 unspecified atom stereocenters. The molecular weight excluding hydrogens is 341 g/mol. The van der Waals surface area contributed by atoms with E-state index in [0.717, 1.165) is 15.9 Å². The van der Waals surface area contributed by atoms with Crippen LogP contribution in [0.4, 0.5) is 4.39 Å². The summed E-state index contributed by atoms with van der Waals surface area (Å²) in [7, 11) is 0. The Morgan fingerprint density at radius 2 is 2.22 bits per heavy atom. The fourth-order valence-corrected chi connectivity index (χ4v) is 2.91. The van der Waals surface area contributed by atoms with Crippen molar-refractivity contribution in [1.29, 1.82) is 0 Å². The third kappa shape index (κ3) is 1.63. The van der Waals surface area contributed by atoms with Gasteiger partial charge < -0.3 is 0 Å². The highest BCUT2D eigenvalue weighted by molar-refractivity contribution is 9.10. The Balaban J connectivity index is 2.59. The molecular formula is C11H6BrClFN3S. The van der Waals surface area contributed by atoms with Crippen LogP contribution in [0.3, 0.4) is 0 Å². The van der Waals surface area contributed by atoms with Crippen LogP contribution in [0.25, 0.3) is 21.8 Å². The topological polar surface area (TPSA) is 41.6 Å². The zero-order valence-corrected chi connectivity index (χ0v) is 12.2. The monoisotopic (exact) mass is 345 g/mol. The molecule has 2 aromatic heterocycles. The Morgan fingerprint density at radius 3 is 2.94 bits per heavy atom. The van der Waals surface area contributed by atoms with Crippen molar-refractivity contribution in [2.24, 2.45) is 0 Å². The molecule has 3 rings (SSSR count). The summed E-state index contributed by atoms with van der Waals surface area (Å²) in [5, 5.41) is 9.40. The standard InChI is InChI=1S/C11H6BrClFN3S/c1-18-11-5-3-15-17-9(5)4-2-6(13)7(12)8(14)10(4)16-11/h2-3H,1H3,(H,15,17). The van der Waals surface area contributed by atoms with Crippen LogP contribution in [0.2, 0.25) is 5.02 Å². The molecule has 18 heavy (non-hydrogen) atoms. The fraction of sp³-hybridized carbons (Fsp3) is 0.0909. The number of thioether (sulfide) groups is 1. The summed E-state index contributed by atoms with van der Waals surface area (Å²) in [4.78, 5) is 4.33. The van der Waals surface area contributed by atoms with Gasteiger partial charge in [0, 0.05) is 5.39 Å². The van der Waals surface area contributed by atoms with Gasteiger partial charge in [-0.3, -0.25) is 5.10 Å². The van der Waals surface area contributed by atoms with Gasteiger partial charge in [0.25, 0.3) is 0 Å². The van der Waals surface area contributed by atoms with Crippen molar-refractivity contribution in [3.63, 3.8) is 0 Å². The van der Waals surface area contributed by atoms with Gasteiger partial charge in [0.1, 0.15) is 10.5 Å². The Kier molecular flexibility index (Phi) is 2.96. The predicted molar refractivity (Wildman–Crippen MR) is 75.8 cm³/mol. The van der Waals surface area contributed by atoms with E-state index in [1.807, 2.05) is 6.26 Å². The molecule has 0 amide bonds. The SMILES string of the molecule is CSc1nc2c(F)c(Br)c(Cl)cc2c2[nH]ncc12. The maximum atomic E-state index is 14.2. The average Bonchev–Trinajstić information content (AvgIpc) is 2.85. The molecule has 3 aromatic rings. The van der Waals surface area contributed by atoms with Gasteiger partial charge in [0.2, 0.25) is 0 Å². The van der Waals surface area contributed by atoms with E-state index >= 15 is 0 Å². The molecule has 0 aliphatic carbocycles. The van der Waals surface area contributed by atoms with E-state index in [4.69, 9.17) is 11.6 Å². The molecule has 2 heterocycles. The van der Waals surface area contributed by atoms with Gasteiger partial charge in [-0.1, -0.05) is 11.6 Å². The van der Waals surface area contributed by atoms with Crippen LogP contribution in [-0.4, -0.2) is 21.4 Å². The van der Waals surface area contributed by atoms with E-state index in [1.54, 1.807) is 12.3 Å². The Morgan fingerprint density at radius 1 is 1.44 bits per heavy atom. The number of aromatic amines is 1. The normalized spacial score (nSPS) is 11.6. The Bertz CT molecular complexity index is 774. The molecule has 0 aliphatic rings. The van der Waals surface area contributed by atoms with Crippen LogP contribution >= 0.6 is 39.3 Å². The van der Waals surface area contributed by atoms with E-state index in [9.17, 15) is 4.39 Å². The Labute approximate surface area is 119 Å². The first kappa shape index (κ1) is 12.2. The van der Waals surface area contributed by atoms with Crippen LogP contribution in [-0.2, 0) is 0 Å². The van der Waals surface area contributed by atoms with E-state index in [1.165, 1.54) is 11.8 Å². The van der Waals surface area contributed by atoms with Crippen molar-refractivity contribution in [2.75, 3.05) is 6.26 Å². The maximum absolute atomic E-state index is 14.2. The first-order valence-corrected chi connectivity index (χ1v) is 7.37. The van der Waals surface area contributed by atoms with Crippen molar-refractivity contribution in [2.45, 2.75) is 5.03 Å². The van der Waals surface area contributed by atoms with Gasteiger partial charge in [-0.05, 0) is 28.3 Å². The number of nitrogens with zero attached hydrogens (tertiary/aromatic N) is 2. The molecule has 1 N–H and O–H groups in total. The van der Waals surface area contributed by atoms with Crippen LogP contribution in [0.1, 0.15) is 0 Å². The molecule has 92 valence electrons. The van der Waals surface area contributed by atoms with E-state index in [2.05, 4.69) is 31.1 Å². The number of rotatable bonds is 1. The Hall–Kier alpha value is -0.850. The lowest BCUT2D eigenvalue weighted by Gasteiger charge is -2.07. The van der Waals surface area contributed by atoms with Crippen molar-refractivity contribution in [3.05, 3.63) is 27.6 Å². The molecule has 0 atom stereocenters.